The summed E-state index contributed by atoms with van der Waals surface area (Å²) < 4.78 is 1.11. The van der Waals surface area contributed by atoms with Crippen LogP contribution in [0.15, 0.2) is 138 Å². The maximum Gasteiger partial charge on any atom is 2.00 e. The molecule has 0 amide bonds. The third-order valence-corrected chi connectivity index (χ3v) is 9.45. The molecule has 1 aromatic heterocycles. The molecule has 0 bridgehead atoms. The van der Waals surface area contributed by atoms with Gasteiger partial charge in [0.1, 0.15) is 5.84 Å². The Morgan fingerprint density at radius 2 is 1.48 bits per heavy atom. The molecule has 11 heteroatoms. The molecular weight excluding hydrogens is 1450 g/mol. The van der Waals surface area contributed by atoms with Gasteiger partial charge in [0.15, 0.2) is 0 Å². The van der Waals surface area contributed by atoms with Crippen molar-refractivity contribution in [2.75, 3.05) is 5.43 Å². The van der Waals surface area contributed by atoms with Gasteiger partial charge >= 0.3 is 93.3 Å². The van der Waals surface area contributed by atoms with Crippen LogP contribution in [-0.2, 0) is 17.6 Å². The zero-order chi connectivity index (χ0) is 41.8. The number of fused-ring (bicyclic) bond motifs is 1. The van der Waals surface area contributed by atoms with Gasteiger partial charge in [0, 0.05) is 5.56 Å². The number of aromatic nitrogens is 1. The Morgan fingerprint density at radius 1 is 0.869 bits per heavy atom. The van der Waals surface area contributed by atoms with Crippen LogP contribution in [0, 0.1) is 126 Å². The van der Waals surface area contributed by atoms with Crippen molar-refractivity contribution in [2.24, 2.45) is 15.8 Å². The summed E-state index contributed by atoms with van der Waals surface area (Å²) >= 11 is 1.56. The topological polar surface area (TPSA) is 117 Å². The zero-order valence-electron chi connectivity index (χ0n) is 35.1. The van der Waals surface area contributed by atoms with Crippen LogP contribution in [0.5, 0.6) is 0 Å². The van der Waals surface area contributed by atoms with Crippen molar-refractivity contribution in [3.63, 3.8) is 0 Å². The molecule has 4 N–H and O–H groups in total. The molecule has 0 aliphatic rings. The number of carbonyl (C=O) groups excluding carboxylic acids is 1. The van der Waals surface area contributed by atoms with E-state index < -0.39 is 0 Å². The summed E-state index contributed by atoms with van der Waals surface area (Å²) in [7, 11) is 0. The Morgan fingerprint density at radius 3 is 2.03 bits per heavy atom. The van der Waals surface area contributed by atoms with E-state index in [2.05, 4.69) is 85.1 Å². The molecule has 308 valence electrons. The van der Waals surface area contributed by atoms with Gasteiger partial charge in [-0.3, -0.25) is 5.43 Å². The minimum absolute atomic E-state index is 0. The molecule has 0 spiro atoms. The summed E-state index contributed by atoms with van der Waals surface area (Å²) in [5.41, 5.74) is 18.0. The van der Waals surface area contributed by atoms with Gasteiger partial charge in [0.2, 0.25) is 5.13 Å². The number of aryl methyl sites for hydroxylation is 1. The quantitative estimate of drug-likeness (QED) is 0.0294. The molecule has 6 rings (SSSR count). The summed E-state index contributed by atoms with van der Waals surface area (Å²) in [6.45, 7) is 16.8. The number of anilines is 1. The summed E-state index contributed by atoms with van der Waals surface area (Å²) in [5.74, 6) is 0.440. The molecule has 0 atom stereocenters. The molecule has 0 unspecified atom stereocenters. The predicted octanol–water partition coefficient (Wildman–Crippen LogP) is 12.4. The Labute approximate surface area is 440 Å². The van der Waals surface area contributed by atoms with Gasteiger partial charge in [-0.15, -0.1) is 12.1 Å². The van der Waals surface area contributed by atoms with Crippen molar-refractivity contribution in [3.8, 4) is 11.1 Å². The van der Waals surface area contributed by atoms with Gasteiger partial charge in [0.05, 0.1) is 28.4 Å². The maximum atomic E-state index is 10.5. The number of nitrogens with two attached hydrogens (primary N) is 1. The van der Waals surface area contributed by atoms with Gasteiger partial charge in [0.25, 0.3) is 0 Å². The van der Waals surface area contributed by atoms with Crippen molar-refractivity contribution in [1.29, 1.82) is 5.41 Å². The van der Waals surface area contributed by atoms with Crippen LogP contribution in [0.2, 0.25) is 0 Å². The van der Waals surface area contributed by atoms with Crippen LogP contribution in [0.25, 0.3) is 21.3 Å². The van der Waals surface area contributed by atoms with Crippen molar-refractivity contribution < 1.29 is 98.1 Å². The van der Waals surface area contributed by atoms with Crippen molar-refractivity contribution >= 4 is 56.9 Å². The summed E-state index contributed by atoms with van der Waals surface area (Å²) in [4.78, 5) is 19.6. The Bertz CT molecular complexity index is 2110. The molecule has 0 aliphatic carbocycles. The molecule has 0 saturated carbocycles. The number of hydrazone groups is 1. The van der Waals surface area contributed by atoms with Crippen LogP contribution in [0.3, 0.4) is 0 Å². The van der Waals surface area contributed by atoms with Gasteiger partial charge in [-0.1, -0.05) is 104 Å². The van der Waals surface area contributed by atoms with Gasteiger partial charge in [-0.05, 0) is 47.7 Å². The fourth-order valence-corrected chi connectivity index (χ4v) is 6.14. The maximum absolute atomic E-state index is 10.5. The number of aliphatic imine (C=N–C) groups is 1. The van der Waals surface area contributed by atoms with E-state index in [0.29, 0.717) is 17.8 Å². The second-order valence-electron chi connectivity index (χ2n) is 12.9. The summed E-state index contributed by atoms with van der Waals surface area (Å²) in [6.07, 6.45) is 17.1. The van der Waals surface area contributed by atoms with E-state index in [-0.39, 0.29) is 93.3 Å². The number of benzene rings is 5. The van der Waals surface area contributed by atoms with Gasteiger partial charge < -0.3 is 36.7 Å². The molecule has 5 aromatic carbocycles. The standard InChI is InChI=1S/C23H19N5S.C18H19O.C6H12.C3H4N.3U/c1-2-16-12-13-19(26-22(24)17-8-4-3-5-9-17)18(14-16)15-25-28-23-27-20-10-6-7-11-21(20)29-23;1-2-3-4-5-15-6-10-17(11-7-15)18-12-8-16(14-19)9-13-18;1-3-5-6-4-2;1-2-3-4;;;/h4-15H,1-2H2,(H2,24,26)(H,27,28);6-13H,2-5H2,1H3;1-6H2;2,4H,1H2;;;/q-2;-1;-2;-1;3*+2/b25-15+;;;;;;. The van der Waals surface area contributed by atoms with Crippen LogP contribution in [-0.4, -0.2) is 29.5 Å². The number of amidine groups is 1. The molecule has 61 heavy (non-hydrogen) atoms. The van der Waals surface area contributed by atoms with E-state index in [1.54, 1.807) is 29.7 Å². The predicted molar refractivity (Wildman–Crippen MR) is 249 cm³/mol. The second kappa shape index (κ2) is 35.6. The number of thiazole rings is 1. The van der Waals surface area contributed by atoms with Crippen LogP contribution >= 0.6 is 11.3 Å². The number of unbranched alkanes of at least 4 members (excludes halogenated alkanes) is 5. The Kier molecular flexibility index (Phi) is 34.0. The van der Waals surface area contributed by atoms with Crippen molar-refractivity contribution in [3.05, 3.63) is 183 Å². The van der Waals surface area contributed by atoms with E-state index >= 15 is 0 Å². The smallest absolute Gasteiger partial charge is 0.412 e. The largest absolute Gasteiger partial charge is 2.00 e. The number of nitrogens with one attached hydrogen (secondary N) is 2. The average Bonchev–Trinajstić information content (AvgIpc) is 3.70. The Balaban J connectivity index is 0.000000972. The third-order valence-electron chi connectivity index (χ3n) is 8.50. The normalized spacial score (nSPS) is 10.1. The van der Waals surface area contributed by atoms with Crippen molar-refractivity contribution in [1.82, 2.24) is 4.98 Å². The number of hydrogen-bond acceptors (Lipinski definition) is 7. The van der Waals surface area contributed by atoms with E-state index in [4.69, 9.17) is 11.1 Å². The van der Waals surface area contributed by atoms with Crippen LogP contribution < -0.4 is 11.2 Å². The van der Waals surface area contributed by atoms with Gasteiger partial charge in [-0.2, -0.15) is 78.6 Å². The van der Waals surface area contributed by atoms with E-state index in [1.807, 2.05) is 91.4 Å². The van der Waals surface area contributed by atoms with Gasteiger partial charge in [-0.25, -0.2) is 22.6 Å². The number of hydrogen-bond donors (Lipinski definition) is 3. The minimum atomic E-state index is 0. The first-order chi connectivity index (χ1) is 28.4. The number of rotatable bonds is 16. The SMILES string of the molecule is C=C[C-]=N.CCCCCc1ccc(-c2ccc([C-]=O)cc2)cc1.[CH2-]CCCC[CH2-].[CH2-]Cc1ccc(N=C(N)c2cc[c-]cc2)c(/C=N/Nc2nc3ccccc3s2)c1.[U+2].[U+2].[U+2]. The van der Waals surface area contributed by atoms with Crippen LogP contribution in [0.1, 0.15) is 79.7 Å². The molecule has 0 aliphatic heterocycles. The van der Waals surface area contributed by atoms with E-state index in [0.717, 1.165) is 62.6 Å². The van der Waals surface area contributed by atoms with E-state index in [9.17, 15) is 4.79 Å². The average molecular weight is 1500 g/mol. The fraction of sp³-hybridized carbons (Fsp3) is 0.200. The number of nitrogens with zero attached hydrogens (tertiary/aromatic N) is 3. The minimum Gasteiger partial charge on any atom is -0.412 e. The molecule has 7 nitrogen and oxygen atoms in total. The molecule has 0 fully saturated rings. The Hall–Kier alpha value is -2.83. The molecular formula is C50H54N6OSU3. The first-order valence-electron chi connectivity index (χ1n) is 19.5. The molecule has 0 radical (unpaired) electrons. The third kappa shape index (κ3) is 22.4. The monoisotopic (exact) mass is 1500 g/mol. The second-order valence-corrected chi connectivity index (χ2v) is 13.9. The number of para-hydroxylation sites is 1. The summed E-state index contributed by atoms with van der Waals surface area (Å²) in [5, 5.41) is 11.2. The molecule has 0 saturated heterocycles. The van der Waals surface area contributed by atoms with Crippen LogP contribution in [0.4, 0.5) is 10.8 Å². The first kappa shape index (κ1) is 58.2. The fourth-order valence-electron chi connectivity index (χ4n) is 5.32. The van der Waals surface area contributed by atoms with Crippen molar-refractivity contribution in [2.45, 2.75) is 64.7 Å². The zero-order valence-corrected chi connectivity index (χ0v) is 48.4. The molecule has 1 heterocycles. The number of allylic oxidation sites excluding steroid dienone is 1. The molecule has 6 aromatic rings. The first-order valence-corrected chi connectivity index (χ1v) is 20.3. The van der Waals surface area contributed by atoms with E-state index in [1.165, 1.54) is 49.3 Å². The summed E-state index contributed by atoms with van der Waals surface area (Å²) in [6, 6.07) is 40.5.